The monoisotopic (exact) mass is 606 g/mol. The largest absolute Gasteiger partial charge is 0.400 e. The Hall–Kier alpha value is -2.79. The summed E-state index contributed by atoms with van der Waals surface area (Å²) < 4.78 is 20.9. The molecule has 2 N–H and O–H groups in total. The molecule has 2 aromatic heterocycles. The van der Waals surface area contributed by atoms with E-state index in [-0.39, 0.29) is 5.57 Å². The zero-order valence-electron chi connectivity index (χ0n) is 25.0. The van der Waals surface area contributed by atoms with Gasteiger partial charge in [-0.1, -0.05) is 53.4 Å². The number of nitrogens with two attached hydrogens (primary N) is 1. The van der Waals surface area contributed by atoms with Crippen molar-refractivity contribution in [3.63, 3.8) is 0 Å². The van der Waals surface area contributed by atoms with Crippen LogP contribution in [0, 0.1) is 23.1 Å². The third kappa shape index (κ3) is 5.38. The van der Waals surface area contributed by atoms with Crippen LogP contribution in [0.4, 0.5) is 10.3 Å². The molecule has 3 unspecified atom stereocenters. The average molecular weight is 607 g/mol. The van der Waals surface area contributed by atoms with Crippen molar-refractivity contribution in [3.05, 3.63) is 40.6 Å². The molecule has 3 aliphatic heterocycles. The van der Waals surface area contributed by atoms with E-state index in [1.54, 1.807) is 0 Å². The second kappa shape index (κ2) is 13.2. The maximum absolute atomic E-state index is 14.9. The van der Waals surface area contributed by atoms with E-state index >= 15 is 0 Å². The summed E-state index contributed by atoms with van der Waals surface area (Å²) in [5, 5.41) is 11.8. The molecule has 0 aliphatic carbocycles. The van der Waals surface area contributed by atoms with Gasteiger partial charge < -0.3 is 15.4 Å². The van der Waals surface area contributed by atoms with Crippen molar-refractivity contribution in [2.24, 2.45) is 11.7 Å². The lowest BCUT2D eigenvalue weighted by Gasteiger charge is -2.28. The number of nitriles is 1. The van der Waals surface area contributed by atoms with Crippen LogP contribution in [-0.4, -0.2) is 33.3 Å². The van der Waals surface area contributed by atoms with Crippen molar-refractivity contribution in [3.8, 4) is 17.3 Å². The Morgan fingerprint density at radius 3 is 2.71 bits per heavy atom. The molecule has 3 aliphatic rings. The molecule has 0 radical (unpaired) electrons. The van der Waals surface area contributed by atoms with E-state index in [0.29, 0.717) is 52.8 Å². The molecule has 1 aromatic carbocycles. The molecule has 0 spiro atoms. The van der Waals surface area contributed by atoms with E-state index < -0.39 is 5.82 Å². The first-order valence-corrected chi connectivity index (χ1v) is 16.7. The second-order valence-corrected chi connectivity index (χ2v) is 12.6. The molecule has 3 atom stereocenters. The van der Waals surface area contributed by atoms with Crippen molar-refractivity contribution in [2.45, 2.75) is 90.4 Å². The zero-order chi connectivity index (χ0) is 30.0. The lowest BCUT2D eigenvalue weighted by atomic mass is 9.92. The fraction of sp³-hybridized carbons (Fsp3) is 0.500. The maximum Gasteiger partial charge on any atom is 0.226 e. The zero-order valence-corrected chi connectivity index (χ0v) is 26.9. The molecule has 1 fully saturated rings. The fourth-order valence-electron chi connectivity index (χ4n) is 6.40. The lowest BCUT2D eigenvalue weighted by Crippen LogP contribution is -2.33. The predicted octanol–water partition coefficient (Wildman–Crippen LogP) is 6.87. The van der Waals surface area contributed by atoms with E-state index in [4.69, 9.17) is 20.4 Å². The number of nitrogens with zero attached hydrogens (tertiary/aromatic N) is 5. The van der Waals surface area contributed by atoms with E-state index in [2.05, 4.69) is 39.0 Å². The van der Waals surface area contributed by atoms with E-state index in [9.17, 15) is 9.65 Å². The summed E-state index contributed by atoms with van der Waals surface area (Å²) in [5.41, 5.74) is 11.6. The first-order valence-electron chi connectivity index (χ1n) is 15.1. The number of aromatic nitrogens is 3. The van der Waals surface area contributed by atoms with E-state index in [1.165, 1.54) is 43.6 Å². The summed E-state index contributed by atoms with van der Waals surface area (Å²) in [6.07, 6.45) is 10.4. The van der Waals surface area contributed by atoms with Crippen LogP contribution >= 0.6 is 21.0 Å². The molecular weight excluding hydrogens is 566 g/mol. The molecule has 222 valence electrons. The standard InChI is InChI=1S/C30H34FN6OPS.C2H6/c1-3-4-5-6-7-23-16(2)8-9-37(23)30-35-11-18-19-13-38-14-20(19)24(28(39)26(18)36-30)27-25-17(10-32)22(33)15-40-29(25)21(31)12-34-27;1-2/h11-12,16,23H,3-9,13-15,33,39H2,1-2H3;1-2H3. The van der Waals surface area contributed by atoms with Crippen LogP contribution in [0.25, 0.3) is 27.7 Å². The normalized spacial score (nSPS) is 19.4. The number of ether oxygens (including phenoxy) is 1. The molecule has 3 aromatic rings. The molecule has 6 rings (SSSR count). The van der Waals surface area contributed by atoms with Crippen LogP contribution in [0.15, 0.2) is 23.0 Å². The SMILES string of the molecule is CC.CCCCCCC1C(C)CCN1c1ncc2c3c(c(-c4ncc(F)c5c4C(C#N)=C(N)CS5)c(P)c2n1)COC3. The number of halogens is 1. The molecular formula is C32H40FN6OPS. The topological polar surface area (TPSA) is 101 Å². The van der Waals surface area contributed by atoms with Crippen LogP contribution in [0.3, 0.4) is 0 Å². The highest BCUT2D eigenvalue weighted by Gasteiger charge is 2.34. The molecule has 7 nitrogen and oxygen atoms in total. The Kier molecular flexibility index (Phi) is 9.67. The van der Waals surface area contributed by atoms with Crippen molar-refractivity contribution in [1.29, 1.82) is 5.26 Å². The number of benzene rings is 1. The number of pyridine rings is 1. The number of thioether (sulfide) groups is 1. The average Bonchev–Trinajstić information content (AvgIpc) is 3.64. The van der Waals surface area contributed by atoms with Gasteiger partial charge in [-0.15, -0.1) is 21.0 Å². The van der Waals surface area contributed by atoms with Gasteiger partial charge in [0.2, 0.25) is 5.95 Å². The van der Waals surface area contributed by atoms with Crippen LogP contribution in [-0.2, 0) is 18.0 Å². The molecule has 1 saturated heterocycles. The summed E-state index contributed by atoms with van der Waals surface area (Å²) in [5.74, 6) is 1.26. The number of rotatable bonds is 7. The quantitative estimate of drug-likeness (QED) is 0.230. The smallest absolute Gasteiger partial charge is 0.226 e. The highest BCUT2D eigenvalue weighted by molar-refractivity contribution is 7.99. The van der Waals surface area contributed by atoms with Gasteiger partial charge in [0.25, 0.3) is 0 Å². The highest BCUT2D eigenvalue weighted by atomic mass is 32.2. The van der Waals surface area contributed by atoms with Gasteiger partial charge in [-0.2, -0.15) is 5.26 Å². The van der Waals surface area contributed by atoms with Crippen molar-refractivity contribution in [1.82, 2.24) is 15.0 Å². The van der Waals surface area contributed by atoms with Gasteiger partial charge in [-0.25, -0.2) is 14.4 Å². The van der Waals surface area contributed by atoms with Gasteiger partial charge in [-0.05, 0) is 29.9 Å². The first-order chi connectivity index (χ1) is 20.4. The molecule has 0 bridgehead atoms. The van der Waals surface area contributed by atoms with Gasteiger partial charge in [-0.3, -0.25) is 4.98 Å². The Bertz CT molecular complexity index is 1570. The minimum Gasteiger partial charge on any atom is -0.400 e. The van der Waals surface area contributed by atoms with Crippen LogP contribution < -0.4 is 15.9 Å². The molecule has 0 amide bonds. The Morgan fingerprint density at radius 1 is 1.17 bits per heavy atom. The Balaban J connectivity index is 0.00000173. The van der Waals surface area contributed by atoms with Gasteiger partial charge in [0.15, 0.2) is 5.82 Å². The van der Waals surface area contributed by atoms with Gasteiger partial charge in [0.05, 0.1) is 41.1 Å². The minimum absolute atomic E-state index is 0.285. The van der Waals surface area contributed by atoms with Crippen LogP contribution in [0.5, 0.6) is 0 Å². The third-order valence-electron chi connectivity index (χ3n) is 8.56. The maximum atomic E-state index is 14.9. The highest BCUT2D eigenvalue weighted by Crippen LogP contribution is 2.45. The van der Waals surface area contributed by atoms with Gasteiger partial charge in [0.1, 0.15) is 6.07 Å². The number of unbranched alkanes of at least 4 members (excludes halogenated alkanes) is 3. The van der Waals surface area contributed by atoms with Crippen molar-refractivity contribution in [2.75, 3.05) is 17.2 Å². The summed E-state index contributed by atoms with van der Waals surface area (Å²) in [7, 11) is 2.85. The van der Waals surface area contributed by atoms with Gasteiger partial charge >= 0.3 is 0 Å². The number of hydrogen-bond acceptors (Lipinski definition) is 8. The number of fused-ring (bicyclic) bond motifs is 4. The van der Waals surface area contributed by atoms with Crippen molar-refractivity contribution >= 4 is 48.7 Å². The molecule has 0 saturated carbocycles. The second-order valence-electron chi connectivity index (χ2n) is 11.0. The lowest BCUT2D eigenvalue weighted by molar-refractivity contribution is 0.135. The van der Waals surface area contributed by atoms with Gasteiger partial charge in [0, 0.05) is 52.1 Å². The van der Waals surface area contributed by atoms with Crippen LogP contribution in [0.1, 0.15) is 82.9 Å². The van der Waals surface area contributed by atoms with E-state index in [1.807, 2.05) is 20.0 Å². The van der Waals surface area contributed by atoms with E-state index in [0.717, 1.165) is 58.2 Å². The molecule has 10 heteroatoms. The summed E-state index contributed by atoms with van der Waals surface area (Å²) in [4.78, 5) is 17.4. The third-order valence-corrected chi connectivity index (χ3v) is 10.3. The fourth-order valence-corrected chi connectivity index (χ4v) is 7.91. The summed E-state index contributed by atoms with van der Waals surface area (Å²) >= 11 is 1.30. The predicted molar refractivity (Wildman–Crippen MR) is 173 cm³/mol. The van der Waals surface area contributed by atoms with Crippen molar-refractivity contribution < 1.29 is 9.13 Å². The molecule has 5 heterocycles. The number of allylic oxidation sites excluding steroid dienone is 1. The summed E-state index contributed by atoms with van der Waals surface area (Å²) in [6, 6.07) is 2.64. The summed E-state index contributed by atoms with van der Waals surface area (Å²) in [6.45, 7) is 10.4. The number of anilines is 1. The Morgan fingerprint density at radius 2 is 1.95 bits per heavy atom. The first kappa shape index (κ1) is 30.7. The number of hydrogen-bond donors (Lipinski definition) is 1. The Labute approximate surface area is 254 Å². The van der Waals surface area contributed by atoms with Crippen LogP contribution in [0.2, 0.25) is 0 Å². The minimum atomic E-state index is -0.444. The molecule has 42 heavy (non-hydrogen) atoms.